The molecule has 0 aromatic heterocycles. The summed E-state index contributed by atoms with van der Waals surface area (Å²) < 4.78 is 0. The van der Waals surface area contributed by atoms with Gasteiger partial charge < -0.3 is 5.32 Å². The van der Waals surface area contributed by atoms with Crippen LogP contribution in [0, 0.1) is 20.8 Å². The van der Waals surface area contributed by atoms with Crippen molar-refractivity contribution in [3.8, 4) is 0 Å². The molecule has 1 aliphatic rings. The number of anilines is 2. The van der Waals surface area contributed by atoms with Gasteiger partial charge in [0.1, 0.15) is 10.7 Å². The molecule has 1 aliphatic heterocycles. The second-order valence-electron chi connectivity index (χ2n) is 5.97. The van der Waals surface area contributed by atoms with Gasteiger partial charge in [0.2, 0.25) is 0 Å². The van der Waals surface area contributed by atoms with Gasteiger partial charge in [0.25, 0.3) is 11.8 Å². The lowest BCUT2D eigenvalue weighted by Crippen LogP contribution is -2.32. The first-order chi connectivity index (χ1) is 11.4. The number of amides is 2. The van der Waals surface area contributed by atoms with Gasteiger partial charge in [-0.25, -0.2) is 4.90 Å². The van der Waals surface area contributed by atoms with Gasteiger partial charge >= 0.3 is 0 Å². The van der Waals surface area contributed by atoms with Gasteiger partial charge in [-0.15, -0.1) is 0 Å². The lowest BCUT2D eigenvalue weighted by molar-refractivity contribution is -0.120. The monoisotopic (exact) mass is 340 g/mol. The highest BCUT2D eigenvalue weighted by Gasteiger charge is 2.39. The Hall–Kier alpha value is -2.59. The van der Waals surface area contributed by atoms with Crippen molar-refractivity contribution in [1.82, 2.24) is 0 Å². The fourth-order valence-electron chi connectivity index (χ4n) is 2.71. The molecule has 4 nitrogen and oxygen atoms in total. The van der Waals surface area contributed by atoms with Crippen LogP contribution in [0.3, 0.4) is 0 Å². The highest BCUT2D eigenvalue weighted by atomic mass is 35.5. The van der Waals surface area contributed by atoms with E-state index < -0.39 is 11.8 Å². The Morgan fingerprint density at radius 3 is 2.00 bits per heavy atom. The molecule has 0 saturated heterocycles. The van der Waals surface area contributed by atoms with E-state index in [0.717, 1.165) is 21.6 Å². The number of carbonyl (C=O) groups is 2. The molecule has 1 N–H and O–H groups in total. The summed E-state index contributed by atoms with van der Waals surface area (Å²) in [7, 11) is 0. The van der Waals surface area contributed by atoms with Crippen LogP contribution in [-0.2, 0) is 9.59 Å². The normalized spacial score (nSPS) is 14.6. The van der Waals surface area contributed by atoms with Gasteiger partial charge in [-0.05, 0) is 56.2 Å². The van der Waals surface area contributed by atoms with Crippen LogP contribution in [-0.4, -0.2) is 11.8 Å². The number of nitrogens with zero attached hydrogens (tertiary/aromatic N) is 1. The second kappa shape index (κ2) is 6.13. The SMILES string of the molecule is Cc1ccc(NC2=C(Cl)C(=O)N(c3cc(C)cc(C)c3)C2=O)cc1. The van der Waals surface area contributed by atoms with Crippen molar-refractivity contribution in [2.75, 3.05) is 10.2 Å². The van der Waals surface area contributed by atoms with E-state index in [1.54, 1.807) is 12.1 Å². The number of hydrogen-bond donors (Lipinski definition) is 1. The van der Waals surface area contributed by atoms with Gasteiger partial charge in [0.05, 0.1) is 5.69 Å². The summed E-state index contributed by atoms with van der Waals surface area (Å²) in [5.74, 6) is -0.961. The van der Waals surface area contributed by atoms with E-state index in [9.17, 15) is 9.59 Å². The minimum Gasteiger partial charge on any atom is -0.350 e. The third kappa shape index (κ3) is 2.93. The van der Waals surface area contributed by atoms with Crippen LogP contribution in [0.1, 0.15) is 16.7 Å². The third-order valence-corrected chi connectivity index (χ3v) is 4.16. The summed E-state index contributed by atoms with van der Waals surface area (Å²) in [5, 5.41) is 2.87. The fraction of sp³-hybridized carbons (Fsp3) is 0.158. The van der Waals surface area contributed by atoms with Gasteiger partial charge in [-0.3, -0.25) is 9.59 Å². The van der Waals surface area contributed by atoms with Gasteiger partial charge in [0, 0.05) is 5.69 Å². The Balaban J connectivity index is 1.94. The van der Waals surface area contributed by atoms with Crippen molar-refractivity contribution in [3.63, 3.8) is 0 Å². The van der Waals surface area contributed by atoms with Crippen LogP contribution in [0.25, 0.3) is 0 Å². The number of aryl methyl sites for hydroxylation is 3. The average molecular weight is 341 g/mol. The maximum absolute atomic E-state index is 12.7. The predicted molar refractivity (Wildman–Crippen MR) is 96.1 cm³/mol. The zero-order valence-electron chi connectivity index (χ0n) is 13.7. The van der Waals surface area contributed by atoms with Gasteiger partial charge in [-0.2, -0.15) is 0 Å². The number of rotatable bonds is 3. The molecule has 0 bridgehead atoms. The average Bonchev–Trinajstić information content (AvgIpc) is 2.72. The zero-order chi connectivity index (χ0) is 17.4. The molecule has 5 heteroatoms. The van der Waals surface area contributed by atoms with Crippen molar-refractivity contribution in [1.29, 1.82) is 0 Å². The molecule has 0 radical (unpaired) electrons. The lowest BCUT2D eigenvalue weighted by Gasteiger charge is -2.16. The number of nitrogens with one attached hydrogen (secondary N) is 1. The molecule has 1 heterocycles. The maximum atomic E-state index is 12.7. The smallest absolute Gasteiger partial charge is 0.283 e. The maximum Gasteiger partial charge on any atom is 0.283 e. The molecule has 122 valence electrons. The third-order valence-electron chi connectivity index (χ3n) is 3.81. The minimum absolute atomic E-state index is 0.0975. The molecule has 2 aromatic carbocycles. The second-order valence-corrected chi connectivity index (χ2v) is 6.35. The van der Waals surface area contributed by atoms with E-state index >= 15 is 0 Å². The number of hydrogen-bond acceptors (Lipinski definition) is 3. The first kappa shape index (κ1) is 16.3. The minimum atomic E-state index is -0.513. The Morgan fingerprint density at radius 1 is 0.833 bits per heavy atom. The van der Waals surface area contributed by atoms with Crippen LogP contribution in [0.15, 0.2) is 53.2 Å². The van der Waals surface area contributed by atoms with Gasteiger partial charge in [-0.1, -0.05) is 35.4 Å². The Labute approximate surface area is 145 Å². The summed E-state index contributed by atoms with van der Waals surface area (Å²) in [4.78, 5) is 26.3. The van der Waals surface area contributed by atoms with Crippen molar-refractivity contribution in [2.45, 2.75) is 20.8 Å². The van der Waals surface area contributed by atoms with Crippen molar-refractivity contribution in [2.24, 2.45) is 0 Å². The van der Waals surface area contributed by atoms with E-state index in [0.29, 0.717) is 11.4 Å². The molecule has 0 spiro atoms. The van der Waals surface area contributed by atoms with Crippen LogP contribution < -0.4 is 10.2 Å². The molecule has 0 aliphatic carbocycles. The Bertz CT molecular complexity index is 849. The standard InChI is InChI=1S/C19H17ClN2O2/c1-11-4-6-14(7-5-11)21-17-16(20)18(23)22(19(17)24)15-9-12(2)8-13(3)10-15/h4-10,21H,1-3H3. The summed E-state index contributed by atoms with van der Waals surface area (Å²) >= 11 is 6.13. The topological polar surface area (TPSA) is 49.4 Å². The molecule has 0 atom stereocenters. The van der Waals surface area contributed by atoms with E-state index in [1.807, 2.05) is 51.1 Å². The molecular formula is C19H17ClN2O2. The molecule has 24 heavy (non-hydrogen) atoms. The number of benzene rings is 2. The molecular weight excluding hydrogens is 324 g/mol. The Kier molecular flexibility index (Phi) is 4.16. The van der Waals surface area contributed by atoms with Crippen molar-refractivity contribution in [3.05, 3.63) is 69.9 Å². The van der Waals surface area contributed by atoms with E-state index in [1.165, 1.54) is 0 Å². The fourth-order valence-corrected chi connectivity index (χ4v) is 2.92. The molecule has 0 saturated carbocycles. The van der Waals surface area contributed by atoms with E-state index in [2.05, 4.69) is 5.32 Å². The van der Waals surface area contributed by atoms with E-state index in [-0.39, 0.29) is 10.7 Å². The summed E-state index contributed by atoms with van der Waals surface area (Å²) in [5.41, 5.74) is 4.39. The molecule has 2 amide bonds. The largest absolute Gasteiger partial charge is 0.350 e. The first-order valence-corrected chi connectivity index (χ1v) is 7.95. The van der Waals surface area contributed by atoms with Gasteiger partial charge in [0.15, 0.2) is 0 Å². The lowest BCUT2D eigenvalue weighted by atomic mass is 10.1. The first-order valence-electron chi connectivity index (χ1n) is 7.57. The van der Waals surface area contributed by atoms with Crippen LogP contribution in [0.5, 0.6) is 0 Å². The molecule has 0 fully saturated rings. The quantitative estimate of drug-likeness (QED) is 0.858. The predicted octanol–water partition coefficient (Wildman–Crippen LogP) is 4.05. The highest BCUT2D eigenvalue weighted by Crippen LogP contribution is 2.31. The molecule has 3 rings (SSSR count). The molecule has 2 aromatic rings. The van der Waals surface area contributed by atoms with Crippen LogP contribution in [0.4, 0.5) is 11.4 Å². The number of carbonyl (C=O) groups excluding carboxylic acids is 2. The highest BCUT2D eigenvalue weighted by molar-refractivity contribution is 6.53. The summed E-state index contributed by atoms with van der Waals surface area (Å²) in [6.45, 7) is 5.81. The Morgan fingerprint density at radius 2 is 1.42 bits per heavy atom. The molecule has 0 unspecified atom stereocenters. The zero-order valence-corrected chi connectivity index (χ0v) is 14.4. The van der Waals surface area contributed by atoms with Crippen molar-refractivity contribution >= 4 is 34.8 Å². The number of halogens is 1. The van der Waals surface area contributed by atoms with E-state index in [4.69, 9.17) is 11.6 Å². The number of imide groups is 1. The van der Waals surface area contributed by atoms with Crippen molar-refractivity contribution < 1.29 is 9.59 Å². The summed E-state index contributed by atoms with van der Waals surface area (Å²) in [6, 6.07) is 13.1. The summed E-state index contributed by atoms with van der Waals surface area (Å²) in [6.07, 6.45) is 0. The van der Waals surface area contributed by atoms with Crippen LogP contribution in [0.2, 0.25) is 0 Å². The van der Waals surface area contributed by atoms with Crippen LogP contribution >= 0.6 is 11.6 Å².